The van der Waals surface area contributed by atoms with Crippen molar-refractivity contribution in [3.8, 4) is 5.88 Å². The molecular formula is C21H31N3O3. The number of fused-ring (bicyclic) bond motifs is 1. The predicted octanol–water partition coefficient (Wildman–Crippen LogP) is 2.43. The van der Waals surface area contributed by atoms with Crippen LogP contribution < -0.4 is 4.74 Å². The number of amides is 1. The zero-order valence-electron chi connectivity index (χ0n) is 16.8. The third-order valence-electron chi connectivity index (χ3n) is 5.48. The molecule has 3 rings (SSSR count). The van der Waals surface area contributed by atoms with Crippen molar-refractivity contribution in [1.82, 2.24) is 14.8 Å². The Labute approximate surface area is 161 Å². The summed E-state index contributed by atoms with van der Waals surface area (Å²) in [5.74, 6) is 0.406. The number of allylic oxidation sites excluding steroid dienone is 2. The number of carbonyl (C=O) groups is 1. The fourth-order valence-corrected chi connectivity index (χ4v) is 3.79. The van der Waals surface area contributed by atoms with Crippen molar-refractivity contribution in [2.24, 2.45) is 5.92 Å². The molecule has 1 N–H and O–H groups in total. The highest BCUT2D eigenvalue weighted by Crippen LogP contribution is 2.32. The van der Waals surface area contributed by atoms with Crippen LogP contribution in [0.2, 0.25) is 0 Å². The third kappa shape index (κ3) is 4.33. The van der Waals surface area contributed by atoms with Crippen molar-refractivity contribution in [3.05, 3.63) is 29.5 Å². The Bertz CT molecular complexity index is 717. The summed E-state index contributed by atoms with van der Waals surface area (Å²) in [6, 6.07) is 1.67. The molecule has 1 aromatic rings. The first-order valence-electron chi connectivity index (χ1n) is 9.83. The molecule has 0 saturated carbocycles. The van der Waals surface area contributed by atoms with E-state index in [0.717, 1.165) is 31.4 Å². The number of hydrogen-bond acceptors (Lipinski definition) is 5. The van der Waals surface area contributed by atoms with Crippen molar-refractivity contribution >= 4 is 11.5 Å². The minimum Gasteiger partial charge on any atom is -0.472 e. The van der Waals surface area contributed by atoms with E-state index >= 15 is 0 Å². The van der Waals surface area contributed by atoms with Crippen molar-refractivity contribution in [2.75, 3.05) is 33.8 Å². The Hall–Kier alpha value is -1.92. The molecule has 1 aromatic heterocycles. The van der Waals surface area contributed by atoms with E-state index in [1.807, 2.05) is 33.3 Å². The highest BCUT2D eigenvalue weighted by atomic mass is 16.5. The van der Waals surface area contributed by atoms with Crippen LogP contribution in [0.3, 0.4) is 0 Å². The Balaban J connectivity index is 2.02. The average Bonchev–Trinajstić information content (AvgIpc) is 3.18. The summed E-state index contributed by atoms with van der Waals surface area (Å²) in [5.41, 5.74) is 2.74. The van der Waals surface area contributed by atoms with E-state index in [1.54, 1.807) is 4.90 Å². The van der Waals surface area contributed by atoms with Crippen LogP contribution in [-0.4, -0.2) is 71.7 Å². The standard InChI is InChI=1S/C21H31N3O3/c1-14-11-24(15(2)13-25)21(26)18-9-17(16-7-5-6-8-16)10-22-20(18)27-19(14)12-23(3)4/h7,9-10,14-15,19,25H,5-6,8,11-13H2,1-4H3/t14-,15+,19+/m0/s1. The summed E-state index contributed by atoms with van der Waals surface area (Å²) in [6.45, 7) is 5.19. The van der Waals surface area contributed by atoms with Crippen LogP contribution in [0.5, 0.6) is 5.88 Å². The number of nitrogens with zero attached hydrogens (tertiary/aromatic N) is 3. The van der Waals surface area contributed by atoms with Crippen LogP contribution in [0.15, 0.2) is 18.3 Å². The van der Waals surface area contributed by atoms with Crippen LogP contribution in [0.25, 0.3) is 5.57 Å². The fraction of sp³-hybridized carbons (Fsp3) is 0.619. The monoisotopic (exact) mass is 373 g/mol. The van der Waals surface area contributed by atoms with E-state index < -0.39 is 0 Å². The van der Waals surface area contributed by atoms with Crippen LogP contribution in [-0.2, 0) is 0 Å². The summed E-state index contributed by atoms with van der Waals surface area (Å²) >= 11 is 0. The molecular weight excluding hydrogens is 342 g/mol. The van der Waals surface area contributed by atoms with Gasteiger partial charge in [0, 0.05) is 25.2 Å². The summed E-state index contributed by atoms with van der Waals surface area (Å²) in [6.07, 6.45) is 7.21. The molecule has 6 heteroatoms. The molecule has 0 fully saturated rings. The molecule has 0 unspecified atom stereocenters. The molecule has 3 atom stereocenters. The van der Waals surface area contributed by atoms with E-state index in [2.05, 4.69) is 22.9 Å². The number of aliphatic hydroxyl groups excluding tert-OH is 1. The molecule has 0 aromatic carbocycles. The topological polar surface area (TPSA) is 65.9 Å². The lowest BCUT2D eigenvalue weighted by Crippen LogP contribution is -2.49. The number of hydrogen-bond donors (Lipinski definition) is 1. The van der Waals surface area contributed by atoms with Gasteiger partial charge in [0.25, 0.3) is 5.91 Å². The summed E-state index contributed by atoms with van der Waals surface area (Å²) in [7, 11) is 4.02. The molecule has 148 valence electrons. The SMILES string of the molecule is C[C@H](CO)N1C[C@H](C)[C@@H](CN(C)C)Oc2ncc(C3=CCCC3)cc2C1=O. The molecule has 1 amide bonds. The zero-order valence-corrected chi connectivity index (χ0v) is 16.8. The van der Waals surface area contributed by atoms with Gasteiger partial charge in [-0.1, -0.05) is 13.0 Å². The number of rotatable bonds is 5. The van der Waals surface area contributed by atoms with Crippen molar-refractivity contribution in [3.63, 3.8) is 0 Å². The first-order valence-corrected chi connectivity index (χ1v) is 9.83. The second kappa shape index (κ2) is 8.40. The molecule has 27 heavy (non-hydrogen) atoms. The third-order valence-corrected chi connectivity index (χ3v) is 5.48. The number of aromatic nitrogens is 1. The quantitative estimate of drug-likeness (QED) is 0.859. The van der Waals surface area contributed by atoms with Crippen molar-refractivity contribution in [2.45, 2.75) is 45.3 Å². The number of carbonyl (C=O) groups excluding carboxylic acids is 1. The van der Waals surface area contributed by atoms with Crippen molar-refractivity contribution < 1.29 is 14.6 Å². The lowest BCUT2D eigenvalue weighted by atomic mass is 9.99. The smallest absolute Gasteiger partial charge is 0.259 e. The number of likely N-dealkylation sites (N-methyl/N-ethyl adjacent to an activating group) is 1. The van der Waals surface area contributed by atoms with Gasteiger partial charge in [-0.25, -0.2) is 4.98 Å². The Morgan fingerprint density at radius 3 is 2.85 bits per heavy atom. The number of aliphatic hydroxyl groups is 1. The van der Waals surface area contributed by atoms with Gasteiger partial charge < -0.3 is 19.6 Å². The summed E-state index contributed by atoms with van der Waals surface area (Å²) in [4.78, 5) is 21.7. The molecule has 1 aliphatic carbocycles. The highest BCUT2D eigenvalue weighted by molar-refractivity contribution is 5.97. The summed E-state index contributed by atoms with van der Waals surface area (Å²) < 4.78 is 6.23. The first-order chi connectivity index (χ1) is 12.9. The van der Waals surface area contributed by atoms with Gasteiger partial charge in [0.2, 0.25) is 5.88 Å². The van der Waals surface area contributed by atoms with Gasteiger partial charge in [-0.05, 0) is 57.5 Å². The minimum atomic E-state index is -0.250. The van der Waals surface area contributed by atoms with Gasteiger partial charge in [-0.2, -0.15) is 0 Å². The van der Waals surface area contributed by atoms with Gasteiger partial charge in [0.05, 0.1) is 12.6 Å². The highest BCUT2D eigenvalue weighted by Gasteiger charge is 2.34. The molecule has 6 nitrogen and oxygen atoms in total. The van der Waals surface area contributed by atoms with E-state index in [-0.39, 0.29) is 30.6 Å². The molecule has 0 saturated heterocycles. The predicted molar refractivity (Wildman–Crippen MR) is 106 cm³/mol. The van der Waals surface area contributed by atoms with Crippen LogP contribution in [0.4, 0.5) is 0 Å². The number of ether oxygens (including phenoxy) is 1. The molecule has 0 spiro atoms. The first kappa shape index (κ1) is 19.8. The maximum atomic E-state index is 13.3. The average molecular weight is 373 g/mol. The van der Waals surface area contributed by atoms with Gasteiger partial charge in [-0.3, -0.25) is 4.79 Å². The van der Waals surface area contributed by atoms with Gasteiger partial charge >= 0.3 is 0 Å². The Kier molecular flexibility index (Phi) is 6.17. The molecule has 2 heterocycles. The van der Waals surface area contributed by atoms with Crippen molar-refractivity contribution in [1.29, 1.82) is 0 Å². The zero-order chi connectivity index (χ0) is 19.6. The fourth-order valence-electron chi connectivity index (χ4n) is 3.79. The second-order valence-electron chi connectivity index (χ2n) is 8.08. The lowest BCUT2D eigenvalue weighted by Gasteiger charge is -2.37. The second-order valence-corrected chi connectivity index (χ2v) is 8.08. The minimum absolute atomic E-state index is 0.0642. The molecule has 2 aliphatic rings. The maximum absolute atomic E-state index is 13.3. The summed E-state index contributed by atoms with van der Waals surface area (Å²) in [5, 5.41) is 9.68. The van der Waals surface area contributed by atoms with E-state index in [9.17, 15) is 9.90 Å². The lowest BCUT2D eigenvalue weighted by molar-refractivity contribution is 0.0348. The molecule has 0 radical (unpaired) electrons. The van der Waals surface area contributed by atoms with Gasteiger partial charge in [0.15, 0.2) is 0 Å². The van der Waals surface area contributed by atoms with Crippen LogP contribution in [0.1, 0.15) is 49.0 Å². The molecule has 1 aliphatic heterocycles. The van der Waals surface area contributed by atoms with Crippen LogP contribution in [0, 0.1) is 5.92 Å². The van der Waals surface area contributed by atoms with E-state index in [0.29, 0.717) is 18.0 Å². The largest absolute Gasteiger partial charge is 0.472 e. The number of pyridine rings is 1. The van der Waals surface area contributed by atoms with Crippen LogP contribution >= 0.6 is 0 Å². The van der Waals surface area contributed by atoms with E-state index in [4.69, 9.17) is 4.74 Å². The molecule has 0 bridgehead atoms. The maximum Gasteiger partial charge on any atom is 0.259 e. The van der Waals surface area contributed by atoms with Gasteiger partial charge in [0.1, 0.15) is 11.7 Å². The normalized spacial score (nSPS) is 24.1. The Morgan fingerprint density at radius 2 is 2.22 bits per heavy atom. The van der Waals surface area contributed by atoms with E-state index in [1.165, 1.54) is 5.57 Å². The van der Waals surface area contributed by atoms with Gasteiger partial charge in [-0.15, -0.1) is 0 Å². The Morgan fingerprint density at radius 1 is 1.44 bits per heavy atom.